The molecule has 0 unspecified atom stereocenters. The van der Waals surface area contributed by atoms with Crippen LogP contribution in [0.15, 0.2) is 59.3 Å². The minimum Gasteiger partial charge on any atom is -0.327 e. The Labute approximate surface area is 181 Å². The first-order valence-corrected chi connectivity index (χ1v) is 11.3. The zero-order valence-electron chi connectivity index (χ0n) is 16.7. The molecule has 1 aliphatic rings. The molecule has 4 rings (SSSR count). The Morgan fingerprint density at radius 1 is 1.19 bits per heavy atom. The number of nitrogens with one attached hydrogen (secondary N) is 1. The highest BCUT2D eigenvalue weighted by atomic mass is 32.2. The van der Waals surface area contributed by atoms with Crippen molar-refractivity contribution in [2.45, 2.75) is 36.5 Å². The molecule has 0 amide bonds. The number of para-hydroxylation sites is 1. The van der Waals surface area contributed by atoms with Crippen molar-refractivity contribution in [2.24, 2.45) is 5.73 Å². The van der Waals surface area contributed by atoms with E-state index in [2.05, 4.69) is 9.71 Å². The molecule has 11 heteroatoms. The number of rotatable bonds is 7. The molecule has 1 aromatic heterocycles. The molecule has 0 radical (unpaired) electrons. The smallest absolute Gasteiger partial charge is 0.327 e. The Balaban J connectivity index is 1.78. The van der Waals surface area contributed by atoms with Crippen molar-refractivity contribution < 1.29 is 26.0 Å². The average molecular weight is 468 g/mol. The summed E-state index contributed by atoms with van der Waals surface area (Å²) in [6.07, 6.45) is -2.20. The summed E-state index contributed by atoms with van der Waals surface area (Å²) in [5.74, 6) is -2.03. The van der Waals surface area contributed by atoms with E-state index in [0.29, 0.717) is 11.1 Å². The van der Waals surface area contributed by atoms with Crippen molar-refractivity contribution in [3.63, 3.8) is 0 Å². The first kappa shape index (κ1) is 22.4. The van der Waals surface area contributed by atoms with Gasteiger partial charge in [0.05, 0.1) is 22.5 Å². The summed E-state index contributed by atoms with van der Waals surface area (Å²) < 4.78 is 83.0. The lowest BCUT2D eigenvalue weighted by Gasteiger charge is -2.10. The number of hydrogen-bond acceptors (Lipinski definition) is 4. The van der Waals surface area contributed by atoms with E-state index in [4.69, 9.17) is 5.73 Å². The molecular weight excluding hydrogens is 448 g/mol. The molecule has 0 bridgehead atoms. The van der Waals surface area contributed by atoms with Crippen molar-refractivity contribution in [3.8, 4) is 11.1 Å². The molecule has 1 aliphatic carbocycles. The molecule has 3 N–H and O–H groups in total. The summed E-state index contributed by atoms with van der Waals surface area (Å²) in [7, 11) is -3.66. The molecule has 32 heavy (non-hydrogen) atoms. The van der Waals surface area contributed by atoms with Crippen LogP contribution in [-0.2, 0) is 22.7 Å². The monoisotopic (exact) mass is 468 g/mol. The van der Waals surface area contributed by atoms with Gasteiger partial charge in [-0.15, -0.1) is 0 Å². The van der Waals surface area contributed by atoms with Crippen LogP contribution >= 0.6 is 0 Å². The lowest BCUT2D eigenvalue weighted by atomic mass is 10.0. The predicted octanol–water partition coefficient (Wildman–Crippen LogP) is 3.97. The summed E-state index contributed by atoms with van der Waals surface area (Å²) in [6, 6.07) is 10.3. The van der Waals surface area contributed by atoms with Gasteiger partial charge in [-0.1, -0.05) is 24.3 Å². The summed E-state index contributed by atoms with van der Waals surface area (Å²) in [6.45, 7) is -0.800. The summed E-state index contributed by atoms with van der Waals surface area (Å²) >= 11 is 0. The largest absolute Gasteiger partial charge is 0.449 e. The number of sulfonamides is 1. The number of nitrogens with two attached hydrogens (primary N) is 1. The normalized spacial score (nSPS) is 15.5. The van der Waals surface area contributed by atoms with Gasteiger partial charge >= 0.3 is 6.18 Å². The lowest BCUT2D eigenvalue weighted by Crippen LogP contribution is -2.25. The number of allylic oxidation sites excluding steroid dienone is 1. The first-order valence-electron chi connectivity index (χ1n) is 9.84. The second-order valence-corrected chi connectivity index (χ2v) is 9.21. The second-order valence-electron chi connectivity index (χ2n) is 7.50. The van der Waals surface area contributed by atoms with Gasteiger partial charge in [-0.3, -0.25) is 0 Å². The van der Waals surface area contributed by atoms with Crippen LogP contribution in [0.2, 0.25) is 0 Å². The third kappa shape index (κ3) is 4.54. The Kier molecular flexibility index (Phi) is 5.82. The molecule has 0 saturated heterocycles. The van der Waals surface area contributed by atoms with Crippen LogP contribution in [0.4, 0.5) is 17.6 Å². The summed E-state index contributed by atoms with van der Waals surface area (Å²) in [5.41, 5.74) is 6.24. The molecule has 0 spiro atoms. The van der Waals surface area contributed by atoms with E-state index in [0.717, 1.165) is 23.5 Å². The van der Waals surface area contributed by atoms with Gasteiger partial charge in [0.2, 0.25) is 15.8 Å². The van der Waals surface area contributed by atoms with E-state index in [9.17, 15) is 26.0 Å². The molecule has 6 nitrogen and oxygen atoms in total. The zero-order chi connectivity index (χ0) is 23.1. The maximum atomic E-state index is 14.0. The van der Waals surface area contributed by atoms with Crippen LogP contribution in [0.5, 0.6) is 0 Å². The number of aromatic nitrogens is 2. The van der Waals surface area contributed by atoms with Crippen molar-refractivity contribution in [1.82, 2.24) is 14.3 Å². The highest BCUT2D eigenvalue weighted by Crippen LogP contribution is 2.36. The third-order valence-corrected chi connectivity index (χ3v) is 6.59. The van der Waals surface area contributed by atoms with Gasteiger partial charge in [0.25, 0.3) is 0 Å². The minimum absolute atomic E-state index is 0.0343. The van der Waals surface area contributed by atoms with Crippen LogP contribution < -0.4 is 10.5 Å². The van der Waals surface area contributed by atoms with Gasteiger partial charge in [0.1, 0.15) is 5.83 Å². The van der Waals surface area contributed by atoms with Crippen LogP contribution in [0.25, 0.3) is 22.2 Å². The number of nitrogens with zero attached hydrogens (tertiary/aromatic N) is 2. The van der Waals surface area contributed by atoms with Crippen molar-refractivity contribution in [1.29, 1.82) is 0 Å². The standard InChI is InChI=1S/C21H20F4N4O2S/c22-14(10-11-26)12-29-18-3-1-2-17(19(18)27-20(29)21(23,24)25)13-4-8-16(9-5-13)32(30,31)28-15-6-7-15/h1-5,8-10,15,28H,6-7,11-12,26H2. The van der Waals surface area contributed by atoms with Crippen LogP contribution in [0.3, 0.4) is 0 Å². The molecule has 3 aromatic rings. The van der Waals surface area contributed by atoms with Gasteiger partial charge in [-0.05, 0) is 42.7 Å². The van der Waals surface area contributed by atoms with Crippen molar-refractivity contribution >= 4 is 21.1 Å². The van der Waals surface area contributed by atoms with E-state index < -0.39 is 34.4 Å². The van der Waals surface area contributed by atoms with Gasteiger partial charge in [0, 0.05) is 18.2 Å². The molecule has 0 aliphatic heterocycles. The van der Waals surface area contributed by atoms with E-state index in [1.165, 1.54) is 30.3 Å². The van der Waals surface area contributed by atoms with Crippen LogP contribution in [0, 0.1) is 0 Å². The van der Waals surface area contributed by atoms with E-state index in [1.54, 1.807) is 12.1 Å². The van der Waals surface area contributed by atoms with Gasteiger partial charge < -0.3 is 10.3 Å². The number of benzene rings is 2. The van der Waals surface area contributed by atoms with E-state index in [1.807, 2.05) is 0 Å². The Morgan fingerprint density at radius 3 is 2.47 bits per heavy atom. The van der Waals surface area contributed by atoms with Crippen molar-refractivity contribution in [2.75, 3.05) is 6.54 Å². The van der Waals surface area contributed by atoms with Gasteiger partial charge in [0.15, 0.2) is 0 Å². The van der Waals surface area contributed by atoms with Crippen molar-refractivity contribution in [3.05, 3.63) is 60.2 Å². The molecule has 1 fully saturated rings. The fourth-order valence-electron chi connectivity index (χ4n) is 3.40. The summed E-state index contributed by atoms with van der Waals surface area (Å²) in [5, 5.41) is 0. The average Bonchev–Trinajstić information content (AvgIpc) is 3.45. The van der Waals surface area contributed by atoms with Crippen LogP contribution in [0.1, 0.15) is 18.7 Å². The highest BCUT2D eigenvalue weighted by molar-refractivity contribution is 7.89. The third-order valence-electron chi connectivity index (χ3n) is 5.06. The molecular formula is C21H20F4N4O2S. The molecule has 2 aromatic carbocycles. The molecule has 170 valence electrons. The number of imidazole rings is 1. The van der Waals surface area contributed by atoms with Gasteiger partial charge in [-0.2, -0.15) is 13.2 Å². The topological polar surface area (TPSA) is 90.0 Å². The fraction of sp³-hybridized carbons (Fsp3) is 0.286. The molecule has 1 heterocycles. The molecule has 0 atom stereocenters. The Morgan fingerprint density at radius 2 is 1.88 bits per heavy atom. The maximum absolute atomic E-state index is 14.0. The van der Waals surface area contributed by atoms with E-state index in [-0.39, 0.29) is 28.5 Å². The van der Waals surface area contributed by atoms with Crippen LogP contribution in [-0.4, -0.2) is 30.6 Å². The number of alkyl halides is 3. The van der Waals surface area contributed by atoms with E-state index >= 15 is 0 Å². The number of halogens is 4. The summed E-state index contributed by atoms with van der Waals surface area (Å²) in [4.78, 5) is 3.84. The Bertz CT molecular complexity index is 1280. The first-order chi connectivity index (χ1) is 15.1. The zero-order valence-corrected chi connectivity index (χ0v) is 17.5. The SMILES string of the molecule is NCC=C(F)Cn1c(C(F)(F)F)nc2c(-c3ccc(S(=O)(=O)NC4CC4)cc3)cccc21. The lowest BCUT2D eigenvalue weighted by molar-refractivity contribution is -0.146. The Hall–Kier alpha value is -2.76. The predicted molar refractivity (Wildman–Crippen MR) is 112 cm³/mol. The van der Waals surface area contributed by atoms with Gasteiger partial charge in [-0.25, -0.2) is 22.5 Å². The fourth-order valence-corrected chi connectivity index (χ4v) is 4.71. The highest BCUT2D eigenvalue weighted by Gasteiger charge is 2.38. The number of fused-ring (bicyclic) bond motifs is 1. The number of hydrogen-bond donors (Lipinski definition) is 2. The minimum atomic E-state index is -4.80. The maximum Gasteiger partial charge on any atom is 0.449 e. The quantitative estimate of drug-likeness (QED) is 0.514. The second kappa shape index (κ2) is 8.30. The molecule has 1 saturated carbocycles.